The van der Waals surface area contributed by atoms with Gasteiger partial charge < -0.3 is 15.7 Å². The average molecular weight is 264 g/mol. The number of nitrogens with one attached hydrogen (secondary N) is 2. The second-order valence-corrected chi connectivity index (χ2v) is 5.09. The molecular formula is C13H20N4O2. The number of carboxylic acid groups (broad SMARTS) is 1. The number of anilines is 2. The molecule has 0 radical (unpaired) electrons. The van der Waals surface area contributed by atoms with Crippen LogP contribution in [0.2, 0.25) is 0 Å². The molecule has 1 atom stereocenters. The molecule has 0 spiro atoms. The zero-order valence-electron chi connectivity index (χ0n) is 11.1. The van der Waals surface area contributed by atoms with Crippen molar-refractivity contribution in [1.82, 2.24) is 9.97 Å². The lowest BCUT2D eigenvalue weighted by Crippen LogP contribution is -2.22. The molecule has 6 nitrogen and oxygen atoms in total. The normalized spacial score (nSPS) is 16.5. The van der Waals surface area contributed by atoms with Gasteiger partial charge in [0.1, 0.15) is 18.0 Å². The van der Waals surface area contributed by atoms with Crippen molar-refractivity contribution >= 4 is 17.6 Å². The third kappa shape index (κ3) is 4.08. The van der Waals surface area contributed by atoms with Crippen LogP contribution < -0.4 is 10.6 Å². The predicted molar refractivity (Wildman–Crippen MR) is 73.2 cm³/mol. The molecule has 1 fully saturated rings. The molecule has 19 heavy (non-hydrogen) atoms. The van der Waals surface area contributed by atoms with Crippen LogP contribution in [-0.2, 0) is 4.79 Å². The van der Waals surface area contributed by atoms with Crippen LogP contribution in [0.4, 0.5) is 11.6 Å². The van der Waals surface area contributed by atoms with Gasteiger partial charge in [0, 0.05) is 19.2 Å². The summed E-state index contributed by atoms with van der Waals surface area (Å²) in [7, 11) is 0. The monoisotopic (exact) mass is 264 g/mol. The fourth-order valence-corrected chi connectivity index (χ4v) is 1.84. The first-order chi connectivity index (χ1) is 9.15. The van der Waals surface area contributed by atoms with Gasteiger partial charge in [-0.3, -0.25) is 4.79 Å². The highest BCUT2D eigenvalue weighted by atomic mass is 16.4. The molecule has 1 aliphatic rings. The Morgan fingerprint density at radius 1 is 1.42 bits per heavy atom. The van der Waals surface area contributed by atoms with Crippen molar-refractivity contribution in [2.75, 3.05) is 23.7 Å². The maximum absolute atomic E-state index is 10.7. The van der Waals surface area contributed by atoms with Gasteiger partial charge in [0.25, 0.3) is 0 Å². The van der Waals surface area contributed by atoms with Crippen molar-refractivity contribution < 1.29 is 9.90 Å². The van der Waals surface area contributed by atoms with Gasteiger partial charge >= 0.3 is 5.97 Å². The standard InChI is InChI=1S/C13H20N4O2/c1-9(13(18)19)6-14-11-5-12(17-8-16-11)15-7-10-3-2-4-10/h5,8-10H,2-4,6-7H2,1H3,(H,18,19)(H2,14,15,16,17). The number of hydrogen-bond acceptors (Lipinski definition) is 5. The van der Waals surface area contributed by atoms with Gasteiger partial charge in [0.15, 0.2) is 0 Å². The summed E-state index contributed by atoms with van der Waals surface area (Å²) in [5.41, 5.74) is 0. The summed E-state index contributed by atoms with van der Waals surface area (Å²) in [6, 6.07) is 1.81. The number of aromatic nitrogens is 2. The van der Waals surface area contributed by atoms with Crippen LogP contribution in [0.25, 0.3) is 0 Å². The van der Waals surface area contributed by atoms with Crippen LogP contribution in [0.15, 0.2) is 12.4 Å². The maximum Gasteiger partial charge on any atom is 0.308 e. The second-order valence-electron chi connectivity index (χ2n) is 5.09. The van der Waals surface area contributed by atoms with Crippen molar-refractivity contribution in [2.24, 2.45) is 11.8 Å². The van der Waals surface area contributed by atoms with E-state index < -0.39 is 11.9 Å². The average Bonchev–Trinajstić information content (AvgIpc) is 2.34. The second kappa shape index (κ2) is 6.36. The number of carboxylic acids is 1. The highest BCUT2D eigenvalue weighted by molar-refractivity contribution is 5.70. The Balaban J connectivity index is 1.81. The Morgan fingerprint density at radius 2 is 2.11 bits per heavy atom. The van der Waals surface area contributed by atoms with E-state index in [9.17, 15) is 4.79 Å². The van der Waals surface area contributed by atoms with Crippen LogP contribution in [-0.4, -0.2) is 34.1 Å². The van der Waals surface area contributed by atoms with E-state index >= 15 is 0 Å². The van der Waals surface area contributed by atoms with E-state index in [1.165, 1.54) is 25.6 Å². The SMILES string of the molecule is CC(CNc1cc(NCC2CCC2)ncn1)C(=O)O. The Labute approximate surface area is 112 Å². The Hall–Kier alpha value is -1.85. The van der Waals surface area contributed by atoms with Crippen LogP contribution in [0.5, 0.6) is 0 Å². The molecule has 6 heteroatoms. The lowest BCUT2D eigenvalue weighted by molar-refractivity contribution is -0.140. The largest absolute Gasteiger partial charge is 0.481 e. The summed E-state index contributed by atoms with van der Waals surface area (Å²) in [4.78, 5) is 18.9. The van der Waals surface area contributed by atoms with E-state index in [0.29, 0.717) is 12.4 Å². The van der Waals surface area contributed by atoms with E-state index in [1.807, 2.05) is 6.07 Å². The third-order valence-corrected chi connectivity index (χ3v) is 3.47. The Morgan fingerprint density at radius 3 is 2.68 bits per heavy atom. The Bertz CT molecular complexity index is 434. The molecule has 0 bridgehead atoms. The number of hydrogen-bond donors (Lipinski definition) is 3. The molecule has 0 saturated heterocycles. The van der Waals surface area contributed by atoms with Crippen molar-refractivity contribution in [3.8, 4) is 0 Å². The summed E-state index contributed by atoms with van der Waals surface area (Å²) in [6.45, 7) is 2.96. The van der Waals surface area contributed by atoms with Crippen LogP contribution in [0.1, 0.15) is 26.2 Å². The number of rotatable bonds is 7. The van der Waals surface area contributed by atoms with Crippen LogP contribution >= 0.6 is 0 Å². The van der Waals surface area contributed by atoms with Gasteiger partial charge in [-0.25, -0.2) is 9.97 Å². The molecule has 1 unspecified atom stereocenters. The maximum atomic E-state index is 10.7. The first-order valence-electron chi connectivity index (χ1n) is 6.67. The molecule has 0 amide bonds. The predicted octanol–water partition coefficient (Wildman–Crippen LogP) is 1.82. The lowest BCUT2D eigenvalue weighted by Gasteiger charge is -2.25. The molecule has 1 aliphatic carbocycles. The lowest BCUT2D eigenvalue weighted by atomic mass is 9.85. The molecule has 2 rings (SSSR count). The fourth-order valence-electron chi connectivity index (χ4n) is 1.84. The number of aliphatic carboxylic acids is 1. The van der Waals surface area contributed by atoms with E-state index in [-0.39, 0.29) is 0 Å². The molecule has 1 heterocycles. The van der Waals surface area contributed by atoms with Crippen LogP contribution in [0, 0.1) is 11.8 Å². The zero-order chi connectivity index (χ0) is 13.7. The van der Waals surface area contributed by atoms with Crippen molar-refractivity contribution in [3.63, 3.8) is 0 Å². The van der Waals surface area contributed by atoms with E-state index in [2.05, 4.69) is 20.6 Å². The first-order valence-corrected chi connectivity index (χ1v) is 6.67. The quantitative estimate of drug-likeness (QED) is 0.696. The van der Waals surface area contributed by atoms with Crippen molar-refractivity contribution in [2.45, 2.75) is 26.2 Å². The first kappa shape index (κ1) is 13.6. The molecule has 1 saturated carbocycles. The zero-order valence-corrected chi connectivity index (χ0v) is 11.1. The number of nitrogens with zero attached hydrogens (tertiary/aromatic N) is 2. The Kier molecular flexibility index (Phi) is 4.54. The summed E-state index contributed by atoms with van der Waals surface area (Å²) < 4.78 is 0. The smallest absolute Gasteiger partial charge is 0.308 e. The van der Waals surface area contributed by atoms with Gasteiger partial charge in [0.05, 0.1) is 5.92 Å². The summed E-state index contributed by atoms with van der Waals surface area (Å²) >= 11 is 0. The summed E-state index contributed by atoms with van der Waals surface area (Å²) in [6.07, 6.45) is 5.39. The third-order valence-electron chi connectivity index (χ3n) is 3.47. The highest BCUT2D eigenvalue weighted by Crippen LogP contribution is 2.26. The minimum Gasteiger partial charge on any atom is -0.481 e. The summed E-state index contributed by atoms with van der Waals surface area (Å²) in [5, 5.41) is 15.1. The topological polar surface area (TPSA) is 87.1 Å². The van der Waals surface area contributed by atoms with Crippen LogP contribution in [0.3, 0.4) is 0 Å². The molecule has 0 aliphatic heterocycles. The van der Waals surface area contributed by atoms with Crippen molar-refractivity contribution in [3.05, 3.63) is 12.4 Å². The van der Waals surface area contributed by atoms with E-state index in [4.69, 9.17) is 5.11 Å². The minimum absolute atomic E-state index is 0.356. The van der Waals surface area contributed by atoms with Gasteiger partial charge in [0.2, 0.25) is 0 Å². The molecule has 1 aromatic heterocycles. The van der Waals surface area contributed by atoms with Crippen molar-refractivity contribution in [1.29, 1.82) is 0 Å². The molecule has 0 aromatic carbocycles. The van der Waals surface area contributed by atoms with Gasteiger partial charge in [-0.15, -0.1) is 0 Å². The molecular weight excluding hydrogens is 244 g/mol. The fraction of sp³-hybridized carbons (Fsp3) is 0.615. The van der Waals surface area contributed by atoms with Gasteiger partial charge in [-0.2, -0.15) is 0 Å². The van der Waals surface area contributed by atoms with E-state index in [0.717, 1.165) is 18.3 Å². The van der Waals surface area contributed by atoms with E-state index in [1.54, 1.807) is 6.92 Å². The molecule has 104 valence electrons. The van der Waals surface area contributed by atoms with Gasteiger partial charge in [-0.05, 0) is 18.8 Å². The highest BCUT2D eigenvalue weighted by Gasteiger charge is 2.17. The summed E-state index contributed by atoms with van der Waals surface area (Å²) in [5.74, 6) is 0.941. The molecule has 1 aromatic rings. The number of carbonyl (C=O) groups is 1. The molecule has 3 N–H and O–H groups in total. The van der Waals surface area contributed by atoms with Gasteiger partial charge in [-0.1, -0.05) is 13.3 Å². The minimum atomic E-state index is -0.815.